The first-order valence-corrected chi connectivity index (χ1v) is 5.81. The van der Waals surface area contributed by atoms with Gasteiger partial charge in [-0.05, 0) is 30.7 Å². The molecule has 0 unspecified atom stereocenters. The minimum absolute atomic E-state index is 0.351. The highest BCUT2D eigenvalue weighted by Gasteiger charge is 2.05. The number of hydrogen-bond acceptors (Lipinski definition) is 4. The van der Waals surface area contributed by atoms with Gasteiger partial charge in [-0.25, -0.2) is 4.98 Å². The van der Waals surface area contributed by atoms with E-state index in [1.54, 1.807) is 19.2 Å². The van der Waals surface area contributed by atoms with Gasteiger partial charge in [0.1, 0.15) is 16.7 Å². The number of hydrogen-bond donors (Lipinski definition) is 2. The normalized spacial score (nSPS) is 10.2. The molecule has 0 spiro atoms. The topological polar surface area (TPSA) is 60.2 Å². The zero-order chi connectivity index (χ0) is 13.1. The Kier molecular flexibility index (Phi) is 3.58. The van der Waals surface area contributed by atoms with Crippen LogP contribution in [-0.4, -0.2) is 12.1 Å². The molecular weight excluding hydrogens is 250 g/mol. The number of nitrogens with two attached hydrogens (primary N) is 1. The van der Waals surface area contributed by atoms with Crippen molar-refractivity contribution in [1.29, 1.82) is 0 Å². The number of aryl methyl sites for hydroxylation is 1. The van der Waals surface area contributed by atoms with E-state index in [0.29, 0.717) is 16.7 Å². The predicted octanol–water partition coefficient (Wildman–Crippen LogP) is 3.38. The molecule has 4 nitrogen and oxygen atoms in total. The Morgan fingerprint density at radius 1 is 1.28 bits per heavy atom. The van der Waals surface area contributed by atoms with E-state index in [4.69, 9.17) is 22.1 Å². The van der Waals surface area contributed by atoms with Gasteiger partial charge in [-0.3, -0.25) is 0 Å². The van der Waals surface area contributed by atoms with Gasteiger partial charge in [0, 0.05) is 11.8 Å². The zero-order valence-corrected chi connectivity index (χ0v) is 11.0. The highest BCUT2D eigenvalue weighted by Crippen LogP contribution is 2.29. The number of aromatic nitrogens is 1. The van der Waals surface area contributed by atoms with E-state index in [2.05, 4.69) is 10.3 Å². The number of benzene rings is 1. The van der Waals surface area contributed by atoms with E-state index in [9.17, 15) is 0 Å². The highest BCUT2D eigenvalue weighted by atomic mass is 35.5. The molecule has 2 aromatic rings. The molecule has 5 heteroatoms. The summed E-state index contributed by atoms with van der Waals surface area (Å²) in [6.07, 6.45) is 0. The van der Waals surface area contributed by atoms with Gasteiger partial charge in [0.05, 0.1) is 12.8 Å². The van der Waals surface area contributed by atoms with Crippen molar-refractivity contribution in [3.05, 3.63) is 41.0 Å². The maximum absolute atomic E-state index is 5.86. The molecule has 0 fully saturated rings. The summed E-state index contributed by atoms with van der Waals surface area (Å²) in [6, 6.07) is 9.15. The van der Waals surface area contributed by atoms with Crippen LogP contribution in [0.2, 0.25) is 5.15 Å². The maximum atomic E-state index is 5.86. The van der Waals surface area contributed by atoms with Crippen molar-refractivity contribution in [3.8, 4) is 5.75 Å². The van der Waals surface area contributed by atoms with E-state index in [-0.39, 0.29) is 0 Å². The second-order valence-corrected chi connectivity index (χ2v) is 4.32. The second-order valence-electron chi connectivity index (χ2n) is 3.94. The average molecular weight is 264 g/mol. The summed E-state index contributed by atoms with van der Waals surface area (Å²) in [7, 11) is 1.62. The summed E-state index contributed by atoms with van der Waals surface area (Å²) >= 11 is 5.86. The van der Waals surface area contributed by atoms with Crippen LogP contribution in [0.3, 0.4) is 0 Å². The van der Waals surface area contributed by atoms with E-state index in [1.807, 2.05) is 25.1 Å². The van der Waals surface area contributed by atoms with Gasteiger partial charge in [-0.2, -0.15) is 0 Å². The van der Waals surface area contributed by atoms with Crippen LogP contribution in [0, 0.1) is 6.92 Å². The summed E-state index contributed by atoms with van der Waals surface area (Å²) in [5.74, 6) is 1.32. The largest absolute Gasteiger partial charge is 0.495 e. The lowest BCUT2D eigenvalue weighted by molar-refractivity contribution is 0.416. The fraction of sp³-hybridized carbons (Fsp3) is 0.154. The molecule has 1 heterocycles. The Balaban J connectivity index is 2.35. The Hall–Kier alpha value is -1.94. The summed E-state index contributed by atoms with van der Waals surface area (Å²) in [5.41, 5.74) is 8.22. The molecule has 0 bridgehead atoms. The Morgan fingerprint density at radius 3 is 2.72 bits per heavy atom. The smallest absolute Gasteiger partial charge is 0.142 e. The third-order valence-electron chi connectivity index (χ3n) is 2.43. The molecule has 1 aromatic carbocycles. The van der Waals surface area contributed by atoms with Crippen molar-refractivity contribution in [3.63, 3.8) is 0 Å². The van der Waals surface area contributed by atoms with Crippen LogP contribution in [0.5, 0.6) is 5.75 Å². The maximum Gasteiger partial charge on any atom is 0.142 e. The standard InChI is InChI=1S/C13H14ClN3O/c1-8-3-4-11(18-2)10(5-8)16-13-7-9(15)6-12(14)17-13/h3-7H,1-2H3,(H3,15,16,17). The van der Waals surface area contributed by atoms with Gasteiger partial charge >= 0.3 is 0 Å². The third-order valence-corrected chi connectivity index (χ3v) is 2.63. The van der Waals surface area contributed by atoms with E-state index >= 15 is 0 Å². The van der Waals surface area contributed by atoms with Crippen molar-refractivity contribution < 1.29 is 4.74 Å². The lowest BCUT2D eigenvalue weighted by atomic mass is 10.2. The lowest BCUT2D eigenvalue weighted by Crippen LogP contribution is -1.98. The van der Waals surface area contributed by atoms with Gasteiger partial charge in [0.15, 0.2) is 0 Å². The highest BCUT2D eigenvalue weighted by molar-refractivity contribution is 6.29. The number of methoxy groups -OCH3 is 1. The number of nitrogens with zero attached hydrogens (tertiary/aromatic N) is 1. The lowest BCUT2D eigenvalue weighted by Gasteiger charge is -2.12. The molecule has 0 saturated heterocycles. The zero-order valence-electron chi connectivity index (χ0n) is 10.2. The van der Waals surface area contributed by atoms with E-state index in [1.165, 1.54) is 0 Å². The minimum atomic E-state index is 0.351. The number of anilines is 3. The molecular formula is C13H14ClN3O. The molecule has 0 amide bonds. The molecule has 18 heavy (non-hydrogen) atoms. The number of nitrogen functional groups attached to an aromatic ring is 1. The minimum Gasteiger partial charge on any atom is -0.495 e. The van der Waals surface area contributed by atoms with Crippen LogP contribution < -0.4 is 15.8 Å². The monoisotopic (exact) mass is 263 g/mol. The molecule has 0 aliphatic carbocycles. The fourth-order valence-corrected chi connectivity index (χ4v) is 1.86. The number of halogens is 1. The number of ether oxygens (including phenoxy) is 1. The van der Waals surface area contributed by atoms with Gasteiger partial charge in [-0.1, -0.05) is 17.7 Å². The summed E-state index contributed by atoms with van der Waals surface area (Å²) in [6.45, 7) is 2.00. The SMILES string of the molecule is COc1ccc(C)cc1Nc1cc(N)cc(Cl)n1. The van der Waals surface area contributed by atoms with Gasteiger partial charge in [0.2, 0.25) is 0 Å². The Labute approximate surface area is 111 Å². The van der Waals surface area contributed by atoms with Gasteiger partial charge in [0.25, 0.3) is 0 Å². The Bertz CT molecular complexity index is 552. The van der Waals surface area contributed by atoms with Crippen molar-refractivity contribution in [2.75, 3.05) is 18.2 Å². The van der Waals surface area contributed by atoms with Crippen LogP contribution in [0.25, 0.3) is 0 Å². The quantitative estimate of drug-likeness (QED) is 0.834. The Morgan fingerprint density at radius 2 is 2.06 bits per heavy atom. The summed E-state index contributed by atoms with van der Waals surface area (Å²) < 4.78 is 5.28. The second kappa shape index (κ2) is 5.14. The molecule has 2 rings (SSSR count). The van der Waals surface area contributed by atoms with Gasteiger partial charge in [-0.15, -0.1) is 0 Å². The van der Waals surface area contributed by atoms with Gasteiger partial charge < -0.3 is 15.8 Å². The van der Waals surface area contributed by atoms with Crippen LogP contribution >= 0.6 is 11.6 Å². The molecule has 0 atom stereocenters. The molecule has 0 radical (unpaired) electrons. The van der Waals surface area contributed by atoms with Crippen molar-refractivity contribution in [2.24, 2.45) is 0 Å². The fourth-order valence-electron chi connectivity index (χ4n) is 1.64. The number of nitrogens with one attached hydrogen (secondary N) is 1. The number of rotatable bonds is 3. The molecule has 0 saturated carbocycles. The van der Waals surface area contributed by atoms with Crippen molar-refractivity contribution >= 4 is 28.8 Å². The molecule has 0 aliphatic heterocycles. The van der Waals surface area contributed by atoms with Crippen LogP contribution in [0.15, 0.2) is 30.3 Å². The van der Waals surface area contributed by atoms with E-state index in [0.717, 1.165) is 17.0 Å². The van der Waals surface area contributed by atoms with Crippen LogP contribution in [-0.2, 0) is 0 Å². The van der Waals surface area contributed by atoms with Crippen LogP contribution in [0.4, 0.5) is 17.2 Å². The number of pyridine rings is 1. The third kappa shape index (κ3) is 2.84. The molecule has 1 aromatic heterocycles. The summed E-state index contributed by atoms with van der Waals surface area (Å²) in [5, 5.41) is 3.50. The summed E-state index contributed by atoms with van der Waals surface area (Å²) in [4.78, 5) is 4.15. The van der Waals surface area contributed by atoms with Crippen molar-refractivity contribution in [1.82, 2.24) is 4.98 Å². The first kappa shape index (κ1) is 12.5. The molecule has 94 valence electrons. The first-order chi connectivity index (χ1) is 8.58. The first-order valence-electron chi connectivity index (χ1n) is 5.43. The van der Waals surface area contributed by atoms with E-state index < -0.39 is 0 Å². The molecule has 3 N–H and O–H groups in total. The van der Waals surface area contributed by atoms with Crippen LogP contribution in [0.1, 0.15) is 5.56 Å². The molecule has 0 aliphatic rings. The average Bonchev–Trinajstić information content (AvgIpc) is 2.27. The predicted molar refractivity (Wildman–Crippen MR) is 74.7 cm³/mol. The van der Waals surface area contributed by atoms with Crippen molar-refractivity contribution in [2.45, 2.75) is 6.92 Å².